The van der Waals surface area contributed by atoms with E-state index in [1.165, 1.54) is 11.3 Å². The van der Waals surface area contributed by atoms with Gasteiger partial charge in [-0.15, -0.1) is 11.3 Å². The first-order chi connectivity index (χ1) is 10.6. The Morgan fingerprint density at radius 3 is 2.86 bits per heavy atom. The van der Waals surface area contributed by atoms with Gasteiger partial charge < -0.3 is 10.2 Å². The highest BCUT2D eigenvalue weighted by Crippen LogP contribution is 2.23. The molecule has 0 saturated carbocycles. The first-order valence-electron chi connectivity index (χ1n) is 7.05. The molecule has 114 valence electrons. The quantitative estimate of drug-likeness (QED) is 0.877. The topological polar surface area (TPSA) is 49.4 Å². The fraction of sp³-hybridized carbons (Fsp3) is 0.250. The van der Waals surface area contributed by atoms with E-state index in [1.807, 2.05) is 35.2 Å². The monoisotopic (exact) mass is 378 g/mol. The lowest BCUT2D eigenvalue weighted by Crippen LogP contribution is -2.23. The van der Waals surface area contributed by atoms with Gasteiger partial charge in [-0.1, -0.05) is 12.1 Å². The molecule has 0 spiro atoms. The molecule has 6 heteroatoms. The Hall–Kier alpha value is -1.66. The summed E-state index contributed by atoms with van der Waals surface area (Å²) in [5.41, 5.74) is 1.78. The van der Waals surface area contributed by atoms with Gasteiger partial charge in [-0.25, -0.2) is 0 Å². The summed E-state index contributed by atoms with van der Waals surface area (Å²) in [4.78, 5) is 26.3. The van der Waals surface area contributed by atoms with Crippen molar-refractivity contribution in [3.63, 3.8) is 0 Å². The Bertz CT molecular complexity index is 714. The Morgan fingerprint density at radius 2 is 2.18 bits per heavy atom. The molecule has 1 aromatic heterocycles. The maximum absolute atomic E-state index is 12.1. The molecular formula is C16H15BrN2O2S. The van der Waals surface area contributed by atoms with Gasteiger partial charge in [0.15, 0.2) is 0 Å². The summed E-state index contributed by atoms with van der Waals surface area (Å²) < 4.78 is 0.930. The van der Waals surface area contributed by atoms with Gasteiger partial charge in [-0.3, -0.25) is 9.59 Å². The van der Waals surface area contributed by atoms with Crippen molar-refractivity contribution in [1.29, 1.82) is 0 Å². The molecule has 0 bridgehead atoms. The van der Waals surface area contributed by atoms with Crippen LogP contribution in [0, 0.1) is 0 Å². The zero-order valence-electron chi connectivity index (χ0n) is 11.8. The third-order valence-corrected chi connectivity index (χ3v) is 5.15. The van der Waals surface area contributed by atoms with E-state index in [0.29, 0.717) is 17.8 Å². The van der Waals surface area contributed by atoms with E-state index in [2.05, 4.69) is 21.2 Å². The van der Waals surface area contributed by atoms with Crippen LogP contribution in [0.3, 0.4) is 0 Å². The van der Waals surface area contributed by atoms with Crippen molar-refractivity contribution >= 4 is 44.8 Å². The van der Waals surface area contributed by atoms with Gasteiger partial charge in [0.25, 0.3) is 5.91 Å². The summed E-state index contributed by atoms with van der Waals surface area (Å²) >= 11 is 4.75. The highest BCUT2D eigenvalue weighted by atomic mass is 79.9. The van der Waals surface area contributed by atoms with Crippen LogP contribution in [-0.2, 0) is 11.3 Å². The standard InChI is InChI=1S/C16H15BrN2O2S/c17-14-7-6-13(22-14)16(21)18-12-4-1-3-11(9-12)10-19-8-2-5-15(19)20/h1,3-4,6-7,9H,2,5,8,10H2,(H,18,21). The predicted octanol–water partition coefficient (Wildman–Crippen LogP) is 3.89. The fourth-order valence-corrected chi connectivity index (χ4v) is 3.75. The van der Waals surface area contributed by atoms with E-state index < -0.39 is 0 Å². The molecule has 1 fully saturated rings. The molecule has 0 aliphatic carbocycles. The van der Waals surface area contributed by atoms with Gasteiger partial charge in [0, 0.05) is 25.2 Å². The number of carbonyl (C=O) groups is 2. The molecule has 1 aliphatic rings. The number of likely N-dealkylation sites (tertiary alicyclic amines) is 1. The summed E-state index contributed by atoms with van der Waals surface area (Å²) in [6.07, 6.45) is 1.58. The van der Waals surface area contributed by atoms with Crippen molar-refractivity contribution in [3.05, 3.63) is 50.6 Å². The molecule has 0 radical (unpaired) electrons. The molecule has 0 atom stereocenters. The minimum Gasteiger partial charge on any atom is -0.338 e. The summed E-state index contributed by atoms with van der Waals surface area (Å²) in [5, 5.41) is 2.90. The number of halogens is 1. The summed E-state index contributed by atoms with van der Waals surface area (Å²) in [7, 11) is 0. The molecular weight excluding hydrogens is 364 g/mol. The smallest absolute Gasteiger partial charge is 0.265 e. The lowest BCUT2D eigenvalue weighted by molar-refractivity contribution is -0.128. The van der Waals surface area contributed by atoms with Crippen LogP contribution in [-0.4, -0.2) is 23.3 Å². The maximum Gasteiger partial charge on any atom is 0.265 e. The van der Waals surface area contributed by atoms with Crippen molar-refractivity contribution < 1.29 is 9.59 Å². The second-order valence-electron chi connectivity index (χ2n) is 5.18. The van der Waals surface area contributed by atoms with Gasteiger partial charge in [-0.05, 0) is 52.2 Å². The zero-order chi connectivity index (χ0) is 15.5. The lowest BCUT2D eigenvalue weighted by atomic mass is 10.2. The molecule has 3 rings (SSSR count). The third kappa shape index (κ3) is 3.56. The molecule has 1 N–H and O–H groups in total. The number of nitrogens with one attached hydrogen (secondary N) is 1. The second-order valence-corrected chi connectivity index (χ2v) is 7.64. The number of amides is 2. The number of hydrogen-bond acceptors (Lipinski definition) is 3. The van der Waals surface area contributed by atoms with E-state index in [1.54, 1.807) is 6.07 Å². The second kappa shape index (κ2) is 6.62. The van der Waals surface area contributed by atoms with E-state index in [-0.39, 0.29) is 11.8 Å². The van der Waals surface area contributed by atoms with Crippen molar-refractivity contribution in [2.75, 3.05) is 11.9 Å². The highest BCUT2D eigenvalue weighted by molar-refractivity contribution is 9.11. The Labute approximate surface area is 141 Å². The lowest BCUT2D eigenvalue weighted by Gasteiger charge is -2.16. The largest absolute Gasteiger partial charge is 0.338 e. The molecule has 1 aromatic carbocycles. The number of hydrogen-bond donors (Lipinski definition) is 1. The third-order valence-electron chi connectivity index (χ3n) is 3.53. The summed E-state index contributed by atoms with van der Waals surface area (Å²) in [5.74, 6) is 0.0861. The van der Waals surface area contributed by atoms with Crippen LogP contribution in [0.2, 0.25) is 0 Å². The normalized spacial score (nSPS) is 14.4. The number of anilines is 1. The van der Waals surface area contributed by atoms with Crippen molar-refractivity contribution in [2.24, 2.45) is 0 Å². The number of rotatable bonds is 4. The molecule has 1 aliphatic heterocycles. The SMILES string of the molecule is O=C(Nc1cccc(CN2CCCC2=O)c1)c1ccc(Br)s1. The van der Waals surface area contributed by atoms with E-state index in [4.69, 9.17) is 0 Å². The predicted molar refractivity (Wildman–Crippen MR) is 91.1 cm³/mol. The van der Waals surface area contributed by atoms with Crippen molar-refractivity contribution in [2.45, 2.75) is 19.4 Å². The first-order valence-corrected chi connectivity index (χ1v) is 8.66. The van der Waals surface area contributed by atoms with Crippen LogP contribution in [0.25, 0.3) is 0 Å². The van der Waals surface area contributed by atoms with Crippen molar-refractivity contribution in [3.8, 4) is 0 Å². The number of carbonyl (C=O) groups excluding carboxylic acids is 2. The summed E-state index contributed by atoms with van der Waals surface area (Å²) in [6.45, 7) is 1.42. The zero-order valence-corrected chi connectivity index (χ0v) is 14.2. The first kappa shape index (κ1) is 15.2. The Balaban J connectivity index is 1.68. The molecule has 22 heavy (non-hydrogen) atoms. The molecule has 2 aromatic rings. The highest BCUT2D eigenvalue weighted by Gasteiger charge is 2.20. The van der Waals surface area contributed by atoms with Gasteiger partial charge in [-0.2, -0.15) is 0 Å². The molecule has 2 amide bonds. The Kier molecular flexibility index (Phi) is 4.59. The molecule has 2 heterocycles. The van der Waals surface area contributed by atoms with Gasteiger partial charge in [0.2, 0.25) is 5.91 Å². The fourth-order valence-electron chi connectivity index (χ4n) is 2.47. The Morgan fingerprint density at radius 1 is 1.32 bits per heavy atom. The van der Waals surface area contributed by atoms with E-state index in [9.17, 15) is 9.59 Å². The van der Waals surface area contributed by atoms with Crippen molar-refractivity contribution in [1.82, 2.24) is 4.90 Å². The van der Waals surface area contributed by atoms with E-state index >= 15 is 0 Å². The van der Waals surface area contributed by atoms with Crippen LogP contribution in [0.4, 0.5) is 5.69 Å². The molecule has 4 nitrogen and oxygen atoms in total. The van der Waals surface area contributed by atoms with Crippen LogP contribution in [0.5, 0.6) is 0 Å². The van der Waals surface area contributed by atoms with Crippen LogP contribution < -0.4 is 5.32 Å². The number of nitrogens with zero attached hydrogens (tertiary/aromatic N) is 1. The van der Waals surface area contributed by atoms with Gasteiger partial charge in [0.05, 0.1) is 8.66 Å². The summed E-state index contributed by atoms with van der Waals surface area (Å²) in [6, 6.07) is 11.3. The van der Waals surface area contributed by atoms with Gasteiger partial charge in [0.1, 0.15) is 0 Å². The number of thiophene rings is 1. The minimum atomic E-state index is -0.120. The molecule has 1 saturated heterocycles. The van der Waals surface area contributed by atoms with Crippen LogP contribution >= 0.6 is 27.3 Å². The minimum absolute atomic E-state index is 0.120. The number of benzene rings is 1. The average molecular weight is 379 g/mol. The molecule has 0 unspecified atom stereocenters. The van der Waals surface area contributed by atoms with E-state index in [0.717, 1.165) is 28.0 Å². The van der Waals surface area contributed by atoms with Crippen LogP contribution in [0.1, 0.15) is 28.1 Å². The average Bonchev–Trinajstić information content (AvgIpc) is 3.09. The van der Waals surface area contributed by atoms with Crippen LogP contribution in [0.15, 0.2) is 40.2 Å². The maximum atomic E-state index is 12.1. The van der Waals surface area contributed by atoms with Gasteiger partial charge >= 0.3 is 0 Å².